The summed E-state index contributed by atoms with van der Waals surface area (Å²) in [5, 5.41) is 1.06. The zero-order chi connectivity index (χ0) is 18.2. The molecule has 0 radical (unpaired) electrons. The van der Waals surface area contributed by atoms with E-state index in [0.29, 0.717) is 31.7 Å². The molecule has 6 heteroatoms. The highest BCUT2D eigenvalue weighted by Gasteiger charge is 2.28. The van der Waals surface area contributed by atoms with Crippen molar-refractivity contribution in [3.05, 3.63) is 36.0 Å². The highest BCUT2D eigenvalue weighted by Crippen LogP contribution is 2.19. The van der Waals surface area contributed by atoms with E-state index in [1.54, 1.807) is 9.80 Å². The normalized spacial score (nSPS) is 15.5. The second kappa shape index (κ2) is 6.43. The largest absolute Gasteiger partial charge is 0.444 e. The van der Waals surface area contributed by atoms with Gasteiger partial charge < -0.3 is 19.1 Å². The molecule has 2 aromatic rings. The number of hydrogen-bond acceptors (Lipinski definition) is 3. The van der Waals surface area contributed by atoms with E-state index < -0.39 is 5.60 Å². The summed E-state index contributed by atoms with van der Waals surface area (Å²) in [5.41, 5.74) is 1.28. The molecule has 1 saturated heterocycles. The Morgan fingerprint density at radius 1 is 1.00 bits per heavy atom. The molecule has 0 N–H and O–H groups in total. The van der Waals surface area contributed by atoms with E-state index in [1.165, 1.54) is 0 Å². The van der Waals surface area contributed by atoms with Crippen LogP contribution in [0.4, 0.5) is 4.79 Å². The molecule has 0 saturated carbocycles. The van der Waals surface area contributed by atoms with Crippen LogP contribution in [0.2, 0.25) is 0 Å². The lowest BCUT2D eigenvalue weighted by molar-refractivity contribution is 0.0141. The number of benzene rings is 1. The second-order valence-corrected chi connectivity index (χ2v) is 7.46. The van der Waals surface area contributed by atoms with Gasteiger partial charge in [-0.15, -0.1) is 0 Å². The van der Waals surface area contributed by atoms with Gasteiger partial charge in [-0.25, -0.2) is 4.79 Å². The first kappa shape index (κ1) is 17.3. The molecule has 0 spiro atoms. The zero-order valence-electron chi connectivity index (χ0n) is 15.3. The van der Waals surface area contributed by atoms with Gasteiger partial charge >= 0.3 is 6.09 Å². The molecule has 25 heavy (non-hydrogen) atoms. The van der Waals surface area contributed by atoms with E-state index in [2.05, 4.69) is 0 Å². The molecule has 6 nitrogen and oxygen atoms in total. The quantitative estimate of drug-likeness (QED) is 0.800. The van der Waals surface area contributed by atoms with Gasteiger partial charge in [0.25, 0.3) is 5.91 Å². The molecule has 1 aromatic heterocycles. The molecule has 0 bridgehead atoms. The number of nitrogens with zero attached hydrogens (tertiary/aromatic N) is 3. The standard InChI is InChI=1S/C19H25N3O3/c1-19(2,3)25-18(24)22-11-9-21(10-12-22)17(23)15-5-6-16-14(13-15)7-8-20(16)4/h5-8,13H,9-12H2,1-4H3. The predicted molar refractivity (Wildman–Crippen MR) is 96.6 cm³/mol. The Kier molecular flexibility index (Phi) is 4.45. The maximum absolute atomic E-state index is 12.7. The van der Waals surface area contributed by atoms with Crippen LogP contribution in [0.1, 0.15) is 31.1 Å². The van der Waals surface area contributed by atoms with Gasteiger partial charge in [-0.1, -0.05) is 0 Å². The van der Waals surface area contributed by atoms with E-state index in [1.807, 2.05) is 62.8 Å². The van der Waals surface area contributed by atoms with Gasteiger partial charge in [-0.05, 0) is 45.0 Å². The van der Waals surface area contributed by atoms with Crippen LogP contribution in [0.25, 0.3) is 10.9 Å². The minimum absolute atomic E-state index is 0.00888. The molecule has 3 rings (SSSR count). The topological polar surface area (TPSA) is 54.8 Å². The smallest absolute Gasteiger partial charge is 0.410 e. The number of aryl methyl sites for hydroxylation is 1. The number of piperazine rings is 1. The fraction of sp³-hybridized carbons (Fsp3) is 0.474. The van der Waals surface area contributed by atoms with Crippen molar-refractivity contribution in [3.63, 3.8) is 0 Å². The highest BCUT2D eigenvalue weighted by molar-refractivity contribution is 5.98. The van der Waals surface area contributed by atoms with Crippen LogP contribution in [0, 0.1) is 0 Å². The van der Waals surface area contributed by atoms with Crippen LogP contribution in [-0.2, 0) is 11.8 Å². The van der Waals surface area contributed by atoms with E-state index in [4.69, 9.17) is 4.74 Å². The van der Waals surface area contributed by atoms with Crippen molar-refractivity contribution >= 4 is 22.9 Å². The van der Waals surface area contributed by atoms with Gasteiger partial charge in [0, 0.05) is 55.9 Å². The SMILES string of the molecule is Cn1ccc2cc(C(=O)N3CCN(C(=O)OC(C)(C)C)CC3)ccc21. The molecular weight excluding hydrogens is 318 g/mol. The molecular formula is C19H25N3O3. The Bertz CT molecular complexity index is 796. The number of aromatic nitrogens is 1. The van der Waals surface area contributed by atoms with Gasteiger partial charge in [0.1, 0.15) is 5.60 Å². The van der Waals surface area contributed by atoms with Gasteiger partial charge in [0.05, 0.1) is 0 Å². The van der Waals surface area contributed by atoms with Gasteiger partial charge in [-0.2, -0.15) is 0 Å². The van der Waals surface area contributed by atoms with Crippen molar-refractivity contribution in [3.8, 4) is 0 Å². The minimum Gasteiger partial charge on any atom is -0.444 e. The highest BCUT2D eigenvalue weighted by atomic mass is 16.6. The number of carbonyl (C=O) groups is 2. The fourth-order valence-corrected chi connectivity index (χ4v) is 3.02. The van der Waals surface area contributed by atoms with E-state index in [-0.39, 0.29) is 12.0 Å². The Labute approximate surface area is 147 Å². The number of rotatable bonds is 1. The monoisotopic (exact) mass is 343 g/mol. The molecule has 1 aliphatic heterocycles. The van der Waals surface area contributed by atoms with Crippen LogP contribution in [0.15, 0.2) is 30.5 Å². The van der Waals surface area contributed by atoms with Crippen LogP contribution in [0.3, 0.4) is 0 Å². The molecule has 0 aliphatic carbocycles. The Hall–Kier alpha value is -2.50. The Morgan fingerprint density at radius 2 is 1.64 bits per heavy atom. The zero-order valence-corrected chi connectivity index (χ0v) is 15.3. The molecule has 134 valence electrons. The summed E-state index contributed by atoms with van der Waals surface area (Å²) in [4.78, 5) is 28.3. The number of amides is 2. The molecule has 0 atom stereocenters. The average molecular weight is 343 g/mol. The third kappa shape index (κ3) is 3.78. The van der Waals surface area contributed by atoms with Gasteiger partial charge in [-0.3, -0.25) is 4.79 Å². The number of ether oxygens (including phenoxy) is 1. The predicted octanol–water partition coefficient (Wildman–Crippen LogP) is 2.87. The van der Waals surface area contributed by atoms with Crippen LogP contribution < -0.4 is 0 Å². The first-order chi connectivity index (χ1) is 11.7. The molecule has 1 aromatic carbocycles. The lowest BCUT2D eigenvalue weighted by Gasteiger charge is -2.35. The van der Waals surface area contributed by atoms with Gasteiger partial charge in [0.15, 0.2) is 0 Å². The minimum atomic E-state index is -0.505. The summed E-state index contributed by atoms with van der Waals surface area (Å²) in [6, 6.07) is 7.77. The van der Waals surface area contributed by atoms with Crippen molar-refractivity contribution < 1.29 is 14.3 Å². The van der Waals surface area contributed by atoms with Crippen LogP contribution in [0.5, 0.6) is 0 Å². The lowest BCUT2D eigenvalue weighted by atomic mass is 10.1. The first-order valence-corrected chi connectivity index (χ1v) is 8.57. The molecule has 2 amide bonds. The van der Waals surface area contributed by atoms with Crippen LogP contribution >= 0.6 is 0 Å². The summed E-state index contributed by atoms with van der Waals surface area (Å²) in [7, 11) is 1.99. The molecule has 1 fully saturated rings. The van der Waals surface area contributed by atoms with Crippen LogP contribution in [-0.4, -0.2) is 58.1 Å². The number of hydrogen-bond donors (Lipinski definition) is 0. The maximum atomic E-state index is 12.7. The van der Waals surface area contributed by atoms with Gasteiger partial charge in [0.2, 0.25) is 0 Å². The Balaban J connectivity index is 1.63. The van der Waals surface area contributed by atoms with E-state index >= 15 is 0 Å². The maximum Gasteiger partial charge on any atom is 0.410 e. The average Bonchev–Trinajstić information content (AvgIpc) is 2.93. The third-order valence-electron chi connectivity index (χ3n) is 4.35. The lowest BCUT2D eigenvalue weighted by Crippen LogP contribution is -2.51. The second-order valence-electron chi connectivity index (χ2n) is 7.46. The summed E-state index contributed by atoms with van der Waals surface area (Å²) in [6.45, 7) is 7.58. The van der Waals surface area contributed by atoms with Crippen molar-refractivity contribution in [2.24, 2.45) is 7.05 Å². The fourth-order valence-electron chi connectivity index (χ4n) is 3.02. The summed E-state index contributed by atoms with van der Waals surface area (Å²) in [6.07, 6.45) is 1.67. The number of fused-ring (bicyclic) bond motifs is 1. The van der Waals surface area contributed by atoms with Crippen molar-refractivity contribution in [1.29, 1.82) is 0 Å². The Morgan fingerprint density at radius 3 is 2.28 bits per heavy atom. The van der Waals surface area contributed by atoms with E-state index in [9.17, 15) is 9.59 Å². The van der Waals surface area contributed by atoms with E-state index in [0.717, 1.165) is 10.9 Å². The third-order valence-corrected chi connectivity index (χ3v) is 4.35. The van der Waals surface area contributed by atoms with Crippen molar-refractivity contribution in [2.45, 2.75) is 26.4 Å². The molecule has 0 unspecified atom stereocenters. The number of carbonyl (C=O) groups excluding carboxylic acids is 2. The first-order valence-electron chi connectivity index (χ1n) is 8.57. The molecule has 2 heterocycles. The molecule has 1 aliphatic rings. The van der Waals surface area contributed by atoms with Crippen molar-refractivity contribution in [1.82, 2.24) is 14.4 Å². The summed E-state index contributed by atoms with van der Waals surface area (Å²) >= 11 is 0. The summed E-state index contributed by atoms with van der Waals surface area (Å²) < 4.78 is 7.42. The summed E-state index contributed by atoms with van der Waals surface area (Å²) in [5.74, 6) is 0.00888. The van der Waals surface area contributed by atoms with Crippen molar-refractivity contribution in [2.75, 3.05) is 26.2 Å².